The van der Waals surface area contributed by atoms with Crippen molar-refractivity contribution in [3.05, 3.63) is 88.5 Å². The number of rotatable bonds is 7. The standard InChI is InChI=1S/C15H18O2S.C8H9N.C2H6/c1-4-7-14(15(10-16)18-3)17-11-13-9-6-5-8-12(13)2;1-2-9-8-6-4-3-5-7-8;1-2/h4-10H,11H2,1-3H3;2-7H,1H3;1-2H3/b7-4+,15-14+;;. The fraction of sp³-hybridized carbons (Fsp3) is 0.280. The van der Waals surface area contributed by atoms with Gasteiger partial charge in [0.25, 0.3) is 0 Å². The number of aldehydes is 1. The maximum atomic E-state index is 10.9. The van der Waals surface area contributed by atoms with Crippen molar-refractivity contribution in [1.29, 1.82) is 0 Å². The number of aryl methyl sites for hydroxylation is 1. The van der Waals surface area contributed by atoms with Gasteiger partial charge in [0.05, 0.1) is 10.6 Å². The molecule has 4 heteroatoms. The summed E-state index contributed by atoms with van der Waals surface area (Å²) in [6, 6.07) is 17.9. The van der Waals surface area contributed by atoms with Crippen LogP contribution in [0.25, 0.3) is 0 Å². The molecule has 3 nitrogen and oxygen atoms in total. The maximum absolute atomic E-state index is 10.9. The van der Waals surface area contributed by atoms with Crippen molar-refractivity contribution >= 4 is 30.0 Å². The Kier molecular flexibility index (Phi) is 15.9. The van der Waals surface area contributed by atoms with E-state index in [-0.39, 0.29) is 0 Å². The fourth-order valence-corrected chi connectivity index (χ4v) is 2.57. The van der Waals surface area contributed by atoms with Gasteiger partial charge in [0, 0.05) is 6.21 Å². The Balaban J connectivity index is 0.000000595. The van der Waals surface area contributed by atoms with Crippen LogP contribution in [0.3, 0.4) is 0 Å². The number of aliphatic imine (C=N–C) groups is 1. The Bertz CT molecular complexity index is 780. The van der Waals surface area contributed by atoms with E-state index in [2.05, 4.69) is 4.99 Å². The third-order valence-corrected chi connectivity index (χ3v) is 4.30. The third-order valence-electron chi connectivity index (χ3n) is 3.57. The van der Waals surface area contributed by atoms with Crippen LogP contribution < -0.4 is 0 Å². The molecule has 0 bridgehead atoms. The van der Waals surface area contributed by atoms with Gasteiger partial charge in [-0.3, -0.25) is 9.79 Å². The zero-order valence-corrected chi connectivity index (χ0v) is 19.2. The molecule has 0 aliphatic carbocycles. The highest BCUT2D eigenvalue weighted by Crippen LogP contribution is 2.19. The monoisotopic (exact) mass is 411 g/mol. The molecule has 2 aromatic rings. The van der Waals surface area contributed by atoms with Crippen molar-refractivity contribution in [3.63, 3.8) is 0 Å². The van der Waals surface area contributed by atoms with E-state index in [0.717, 1.165) is 17.5 Å². The molecule has 0 N–H and O–H groups in total. The topological polar surface area (TPSA) is 38.7 Å². The van der Waals surface area contributed by atoms with Gasteiger partial charge in [-0.05, 0) is 56.4 Å². The average molecular weight is 412 g/mol. The molecule has 0 heterocycles. The Labute approximate surface area is 180 Å². The number of nitrogens with zero attached hydrogens (tertiary/aromatic N) is 1. The Morgan fingerprint density at radius 2 is 1.66 bits per heavy atom. The summed E-state index contributed by atoms with van der Waals surface area (Å²) in [6.45, 7) is 10.3. The molecule has 156 valence electrons. The third kappa shape index (κ3) is 11.1. The largest absolute Gasteiger partial charge is 0.488 e. The molecule has 0 aliphatic heterocycles. The minimum atomic E-state index is 0.476. The van der Waals surface area contributed by atoms with Gasteiger partial charge in [0.15, 0.2) is 6.29 Å². The smallest absolute Gasteiger partial charge is 0.160 e. The van der Waals surface area contributed by atoms with E-state index in [1.807, 2.05) is 108 Å². The number of allylic oxidation sites excluding steroid dienone is 3. The van der Waals surface area contributed by atoms with Gasteiger partial charge >= 0.3 is 0 Å². The summed E-state index contributed by atoms with van der Waals surface area (Å²) >= 11 is 1.39. The average Bonchev–Trinajstić information content (AvgIpc) is 2.77. The van der Waals surface area contributed by atoms with Crippen LogP contribution in [0.1, 0.15) is 38.8 Å². The lowest BCUT2D eigenvalue weighted by atomic mass is 10.1. The van der Waals surface area contributed by atoms with Crippen LogP contribution >= 0.6 is 11.8 Å². The lowest BCUT2D eigenvalue weighted by Gasteiger charge is -2.11. The van der Waals surface area contributed by atoms with E-state index in [9.17, 15) is 4.79 Å². The quantitative estimate of drug-likeness (QED) is 0.158. The lowest BCUT2D eigenvalue weighted by molar-refractivity contribution is -0.104. The highest BCUT2D eigenvalue weighted by atomic mass is 32.2. The molecule has 0 aliphatic rings. The first-order chi connectivity index (χ1) is 14.2. The Morgan fingerprint density at radius 3 is 2.17 bits per heavy atom. The molecule has 0 unspecified atom stereocenters. The number of ether oxygens (including phenoxy) is 1. The second kappa shape index (κ2) is 17.5. The van der Waals surface area contributed by atoms with Crippen LogP contribution in [0.2, 0.25) is 0 Å². The molecule has 0 radical (unpaired) electrons. The summed E-state index contributed by atoms with van der Waals surface area (Å²) in [5.41, 5.74) is 3.33. The van der Waals surface area contributed by atoms with Crippen LogP contribution in [-0.2, 0) is 16.1 Å². The minimum Gasteiger partial charge on any atom is -0.488 e. The van der Waals surface area contributed by atoms with E-state index in [1.165, 1.54) is 17.3 Å². The number of thioether (sulfide) groups is 1. The molecule has 0 amide bonds. The van der Waals surface area contributed by atoms with Gasteiger partial charge in [0.1, 0.15) is 12.4 Å². The lowest BCUT2D eigenvalue weighted by Crippen LogP contribution is -1.97. The van der Waals surface area contributed by atoms with Crippen LogP contribution in [0.5, 0.6) is 0 Å². The predicted octanol–water partition coefficient (Wildman–Crippen LogP) is 7.30. The molecule has 29 heavy (non-hydrogen) atoms. The van der Waals surface area contributed by atoms with Crippen LogP contribution in [-0.4, -0.2) is 18.8 Å². The summed E-state index contributed by atoms with van der Waals surface area (Å²) in [5, 5.41) is 0. The van der Waals surface area contributed by atoms with Gasteiger partial charge in [0.2, 0.25) is 0 Å². The van der Waals surface area contributed by atoms with Crippen molar-refractivity contribution in [3.8, 4) is 0 Å². The van der Waals surface area contributed by atoms with Gasteiger partial charge < -0.3 is 4.74 Å². The van der Waals surface area contributed by atoms with E-state index in [4.69, 9.17) is 4.74 Å². The summed E-state index contributed by atoms with van der Waals surface area (Å²) < 4.78 is 5.73. The molecule has 0 saturated carbocycles. The number of carbonyl (C=O) groups is 1. The first-order valence-corrected chi connectivity index (χ1v) is 11.0. The molecule has 0 saturated heterocycles. The summed E-state index contributed by atoms with van der Waals surface area (Å²) in [5.74, 6) is 0.628. The van der Waals surface area contributed by atoms with Crippen LogP contribution in [0.15, 0.2) is 82.4 Å². The molecule has 0 spiro atoms. The SMILES string of the molecule is C/C=C/C(OCc1ccccc1C)=C(/C=O)SC.CC.CC=Nc1ccccc1. The van der Waals surface area contributed by atoms with Gasteiger partial charge in [-0.25, -0.2) is 0 Å². The van der Waals surface area contributed by atoms with Gasteiger partial charge in [-0.15, -0.1) is 11.8 Å². The second-order valence-corrected chi connectivity index (χ2v) is 6.34. The summed E-state index contributed by atoms with van der Waals surface area (Å²) in [6.07, 6.45) is 8.17. The van der Waals surface area contributed by atoms with Crippen molar-refractivity contribution in [1.82, 2.24) is 0 Å². The maximum Gasteiger partial charge on any atom is 0.160 e. The molecule has 0 aromatic heterocycles. The highest BCUT2D eigenvalue weighted by molar-refractivity contribution is 8.03. The Morgan fingerprint density at radius 1 is 1.03 bits per heavy atom. The van der Waals surface area contributed by atoms with Crippen molar-refractivity contribution in [2.45, 2.75) is 41.2 Å². The normalized spacial score (nSPS) is 11.1. The number of hydrogen-bond donors (Lipinski definition) is 0. The number of carbonyl (C=O) groups excluding carboxylic acids is 1. The van der Waals surface area contributed by atoms with Crippen molar-refractivity contribution in [2.75, 3.05) is 6.26 Å². The fourth-order valence-electron chi connectivity index (χ4n) is 2.15. The zero-order chi connectivity index (χ0) is 21.9. The second-order valence-electron chi connectivity index (χ2n) is 5.49. The molecule has 2 rings (SSSR count). The van der Waals surface area contributed by atoms with E-state index >= 15 is 0 Å². The van der Waals surface area contributed by atoms with E-state index in [0.29, 0.717) is 17.3 Å². The Hall–Kier alpha value is -2.59. The first-order valence-electron chi connectivity index (χ1n) is 9.73. The molecule has 0 fully saturated rings. The van der Waals surface area contributed by atoms with E-state index in [1.54, 1.807) is 6.21 Å². The van der Waals surface area contributed by atoms with Crippen molar-refractivity contribution < 1.29 is 9.53 Å². The zero-order valence-electron chi connectivity index (χ0n) is 18.4. The molecular weight excluding hydrogens is 378 g/mol. The predicted molar refractivity (Wildman–Crippen MR) is 129 cm³/mol. The number of para-hydroxylation sites is 1. The first kappa shape index (κ1) is 26.4. The van der Waals surface area contributed by atoms with Crippen LogP contribution in [0, 0.1) is 6.92 Å². The van der Waals surface area contributed by atoms with Gasteiger partial charge in [-0.2, -0.15) is 0 Å². The summed E-state index contributed by atoms with van der Waals surface area (Å²) in [4.78, 5) is 15.6. The number of hydrogen-bond acceptors (Lipinski definition) is 4. The molecule has 2 aromatic carbocycles. The number of benzene rings is 2. The summed E-state index contributed by atoms with van der Waals surface area (Å²) in [7, 11) is 0. The molecule has 0 atom stereocenters. The van der Waals surface area contributed by atoms with E-state index < -0.39 is 0 Å². The highest BCUT2D eigenvalue weighted by Gasteiger charge is 2.05. The van der Waals surface area contributed by atoms with Crippen LogP contribution in [0.4, 0.5) is 5.69 Å². The van der Waals surface area contributed by atoms with Crippen molar-refractivity contribution in [2.24, 2.45) is 4.99 Å². The minimum absolute atomic E-state index is 0.476. The van der Waals surface area contributed by atoms with Gasteiger partial charge in [-0.1, -0.05) is 62.4 Å². The molecular formula is C25H33NO2S.